The van der Waals surface area contributed by atoms with Gasteiger partial charge in [-0.25, -0.2) is 4.98 Å². The van der Waals surface area contributed by atoms with Gasteiger partial charge in [0.2, 0.25) is 0 Å². The van der Waals surface area contributed by atoms with Crippen LogP contribution in [-0.2, 0) is 17.7 Å². The molecular formula is C19H22N4O2. The maximum Gasteiger partial charge on any atom is 0.269 e. The van der Waals surface area contributed by atoms with E-state index < -0.39 is 0 Å². The van der Waals surface area contributed by atoms with Gasteiger partial charge in [-0.3, -0.25) is 9.78 Å². The molecule has 0 aliphatic rings. The zero-order valence-corrected chi connectivity index (χ0v) is 14.3. The lowest BCUT2D eigenvalue weighted by atomic mass is 10.3. The van der Waals surface area contributed by atoms with Crippen LogP contribution in [0.15, 0.2) is 48.7 Å². The number of imidazole rings is 1. The molecule has 0 aliphatic heterocycles. The smallest absolute Gasteiger partial charge is 0.269 e. The van der Waals surface area contributed by atoms with Crippen molar-refractivity contribution in [1.82, 2.24) is 19.9 Å². The molecule has 0 atom stereocenters. The molecule has 0 aliphatic carbocycles. The predicted molar refractivity (Wildman–Crippen MR) is 96.5 cm³/mol. The molecule has 2 aromatic heterocycles. The summed E-state index contributed by atoms with van der Waals surface area (Å²) in [6.07, 6.45) is 2.27. The van der Waals surface area contributed by atoms with Crippen LogP contribution in [0.4, 0.5) is 0 Å². The minimum Gasteiger partial charge on any atom is -0.380 e. The van der Waals surface area contributed by atoms with E-state index >= 15 is 0 Å². The average molecular weight is 338 g/mol. The standard InChI is InChI=1S/C19H22N4O2/c1-2-25-14-13-23-17-9-4-3-7-15(17)22-18(23)10-12-21-19(24)16-8-5-6-11-20-16/h3-9,11H,2,10,12-14H2,1H3,(H,21,24). The van der Waals surface area contributed by atoms with Crippen molar-refractivity contribution in [3.63, 3.8) is 0 Å². The molecule has 1 N–H and O–H groups in total. The molecule has 3 rings (SSSR count). The van der Waals surface area contributed by atoms with Crippen molar-refractivity contribution in [3.05, 3.63) is 60.2 Å². The second-order valence-electron chi connectivity index (χ2n) is 5.59. The topological polar surface area (TPSA) is 69.0 Å². The Morgan fingerprint density at radius 1 is 1.20 bits per heavy atom. The SMILES string of the molecule is CCOCCn1c(CCNC(=O)c2ccccn2)nc2ccccc21. The molecule has 25 heavy (non-hydrogen) atoms. The van der Waals surface area contributed by atoms with Crippen molar-refractivity contribution in [3.8, 4) is 0 Å². The summed E-state index contributed by atoms with van der Waals surface area (Å²) in [4.78, 5) is 20.8. The number of nitrogens with one attached hydrogen (secondary N) is 1. The van der Waals surface area contributed by atoms with Gasteiger partial charge in [-0.2, -0.15) is 0 Å². The summed E-state index contributed by atoms with van der Waals surface area (Å²) < 4.78 is 7.65. The highest BCUT2D eigenvalue weighted by atomic mass is 16.5. The molecule has 0 unspecified atom stereocenters. The van der Waals surface area contributed by atoms with Gasteiger partial charge in [0.05, 0.1) is 17.6 Å². The third-order valence-corrected chi connectivity index (χ3v) is 3.93. The highest BCUT2D eigenvalue weighted by Crippen LogP contribution is 2.16. The molecule has 0 spiro atoms. The van der Waals surface area contributed by atoms with E-state index in [4.69, 9.17) is 9.72 Å². The summed E-state index contributed by atoms with van der Waals surface area (Å²) in [5.41, 5.74) is 2.48. The van der Waals surface area contributed by atoms with Gasteiger partial charge in [-0.15, -0.1) is 0 Å². The molecule has 0 fully saturated rings. The molecule has 0 saturated heterocycles. The van der Waals surface area contributed by atoms with Crippen LogP contribution in [0.1, 0.15) is 23.2 Å². The van der Waals surface area contributed by atoms with E-state index in [1.165, 1.54) is 0 Å². The van der Waals surface area contributed by atoms with E-state index in [-0.39, 0.29) is 5.91 Å². The first-order chi connectivity index (χ1) is 12.3. The number of hydrogen-bond donors (Lipinski definition) is 1. The summed E-state index contributed by atoms with van der Waals surface area (Å²) in [5, 5.41) is 2.90. The summed E-state index contributed by atoms with van der Waals surface area (Å²) in [6.45, 7) is 4.58. The van der Waals surface area contributed by atoms with Gasteiger partial charge >= 0.3 is 0 Å². The Bertz CT molecular complexity index is 830. The number of pyridine rings is 1. The van der Waals surface area contributed by atoms with Gasteiger partial charge in [-0.1, -0.05) is 18.2 Å². The zero-order valence-electron chi connectivity index (χ0n) is 14.3. The van der Waals surface area contributed by atoms with Crippen LogP contribution in [0.25, 0.3) is 11.0 Å². The molecule has 1 aromatic carbocycles. The molecule has 3 aromatic rings. The Morgan fingerprint density at radius 2 is 2.04 bits per heavy atom. The van der Waals surface area contributed by atoms with Crippen LogP contribution in [-0.4, -0.2) is 40.2 Å². The highest BCUT2D eigenvalue weighted by Gasteiger charge is 2.11. The molecule has 130 valence electrons. The Kier molecular flexibility index (Phi) is 5.74. The third-order valence-electron chi connectivity index (χ3n) is 3.93. The largest absolute Gasteiger partial charge is 0.380 e. The van der Waals surface area contributed by atoms with Crippen molar-refractivity contribution in [2.45, 2.75) is 19.9 Å². The number of carbonyl (C=O) groups excluding carboxylic acids is 1. The molecule has 1 amide bonds. The molecule has 6 heteroatoms. The van der Waals surface area contributed by atoms with Crippen LogP contribution in [0.3, 0.4) is 0 Å². The first-order valence-electron chi connectivity index (χ1n) is 8.50. The van der Waals surface area contributed by atoms with Crippen LogP contribution < -0.4 is 5.32 Å². The van der Waals surface area contributed by atoms with Gasteiger partial charge in [0.15, 0.2) is 0 Å². The number of fused-ring (bicyclic) bond motifs is 1. The summed E-state index contributed by atoms with van der Waals surface area (Å²) in [5.74, 6) is 0.778. The number of benzene rings is 1. The number of amides is 1. The minimum atomic E-state index is -0.169. The van der Waals surface area contributed by atoms with E-state index in [2.05, 4.69) is 20.9 Å². The number of nitrogens with zero attached hydrogens (tertiary/aromatic N) is 3. The van der Waals surface area contributed by atoms with Gasteiger partial charge in [-0.05, 0) is 31.2 Å². The lowest BCUT2D eigenvalue weighted by Gasteiger charge is -2.10. The minimum absolute atomic E-state index is 0.169. The van der Waals surface area contributed by atoms with Crippen LogP contribution in [0.2, 0.25) is 0 Å². The number of aromatic nitrogens is 3. The number of carbonyl (C=O) groups is 1. The Morgan fingerprint density at radius 3 is 2.84 bits per heavy atom. The average Bonchev–Trinajstić information content (AvgIpc) is 3.00. The fraction of sp³-hybridized carbons (Fsp3) is 0.316. The fourth-order valence-electron chi connectivity index (χ4n) is 2.74. The predicted octanol–water partition coefficient (Wildman–Crippen LogP) is 2.44. The Balaban J connectivity index is 1.68. The van der Waals surface area contributed by atoms with Gasteiger partial charge < -0.3 is 14.6 Å². The van der Waals surface area contributed by atoms with E-state index in [9.17, 15) is 4.79 Å². The molecule has 0 radical (unpaired) electrons. The summed E-state index contributed by atoms with van der Waals surface area (Å²) >= 11 is 0. The van der Waals surface area contributed by atoms with E-state index in [1.54, 1.807) is 24.4 Å². The van der Waals surface area contributed by atoms with Crippen LogP contribution >= 0.6 is 0 Å². The summed E-state index contributed by atoms with van der Waals surface area (Å²) in [7, 11) is 0. The maximum atomic E-state index is 12.1. The van der Waals surface area contributed by atoms with Crippen LogP contribution in [0, 0.1) is 0 Å². The molecule has 6 nitrogen and oxygen atoms in total. The van der Waals surface area contributed by atoms with E-state index in [0.29, 0.717) is 31.9 Å². The molecule has 0 bridgehead atoms. The quantitative estimate of drug-likeness (QED) is 0.641. The number of ether oxygens (including phenoxy) is 1. The second kappa shape index (κ2) is 8.39. The van der Waals surface area contributed by atoms with Gasteiger partial charge in [0.25, 0.3) is 5.91 Å². The lowest BCUT2D eigenvalue weighted by molar-refractivity contribution is 0.0948. The normalized spacial score (nSPS) is 10.9. The van der Waals surface area contributed by atoms with E-state index in [0.717, 1.165) is 23.4 Å². The molecule has 2 heterocycles. The van der Waals surface area contributed by atoms with Crippen molar-refractivity contribution in [2.24, 2.45) is 0 Å². The van der Waals surface area contributed by atoms with E-state index in [1.807, 2.05) is 25.1 Å². The first-order valence-corrected chi connectivity index (χ1v) is 8.50. The zero-order chi connectivity index (χ0) is 17.5. The maximum absolute atomic E-state index is 12.1. The van der Waals surface area contributed by atoms with Gasteiger partial charge in [0, 0.05) is 32.3 Å². The van der Waals surface area contributed by atoms with Crippen molar-refractivity contribution in [2.75, 3.05) is 19.8 Å². The molecule has 0 saturated carbocycles. The highest BCUT2D eigenvalue weighted by molar-refractivity contribution is 5.92. The summed E-state index contributed by atoms with van der Waals surface area (Å²) in [6, 6.07) is 13.3. The second-order valence-corrected chi connectivity index (χ2v) is 5.59. The lowest BCUT2D eigenvalue weighted by Crippen LogP contribution is -2.27. The van der Waals surface area contributed by atoms with Crippen molar-refractivity contribution >= 4 is 16.9 Å². The monoisotopic (exact) mass is 338 g/mol. The Hall–Kier alpha value is -2.73. The van der Waals surface area contributed by atoms with Crippen molar-refractivity contribution in [1.29, 1.82) is 0 Å². The van der Waals surface area contributed by atoms with Gasteiger partial charge in [0.1, 0.15) is 11.5 Å². The third kappa shape index (κ3) is 4.22. The fourth-order valence-corrected chi connectivity index (χ4v) is 2.74. The number of para-hydroxylation sites is 2. The number of rotatable bonds is 8. The first kappa shape index (κ1) is 17.1. The van der Waals surface area contributed by atoms with Crippen molar-refractivity contribution < 1.29 is 9.53 Å². The van der Waals surface area contributed by atoms with Crippen LogP contribution in [0.5, 0.6) is 0 Å². The Labute approximate surface area is 146 Å². The number of hydrogen-bond acceptors (Lipinski definition) is 4. The molecular weight excluding hydrogens is 316 g/mol.